The lowest BCUT2D eigenvalue weighted by atomic mass is 9.78. The van der Waals surface area contributed by atoms with Gasteiger partial charge in [0, 0.05) is 0 Å². The molecule has 0 aliphatic heterocycles. The second kappa shape index (κ2) is 10.6. The van der Waals surface area contributed by atoms with Gasteiger partial charge in [-0.25, -0.2) is 13.2 Å². The summed E-state index contributed by atoms with van der Waals surface area (Å²) < 4.78 is 53.6. The Morgan fingerprint density at radius 1 is 0.875 bits per heavy atom. The van der Waals surface area contributed by atoms with E-state index in [0.29, 0.717) is 36.3 Å². The van der Waals surface area contributed by atoms with Crippen molar-refractivity contribution in [2.75, 3.05) is 0 Å². The maximum absolute atomic E-state index is 14.2. The summed E-state index contributed by atoms with van der Waals surface area (Å²) in [6.45, 7) is 5.43. The van der Waals surface area contributed by atoms with Gasteiger partial charge in [0.2, 0.25) is 6.43 Å². The molecule has 0 radical (unpaired) electrons. The van der Waals surface area contributed by atoms with Gasteiger partial charge in [0.1, 0.15) is 11.5 Å². The van der Waals surface area contributed by atoms with Gasteiger partial charge in [0.25, 0.3) is 0 Å². The smallest absolute Gasteiger partial charge is 0.247 e. The standard InChI is InChI=1S/C27H29F3O2/c1-19(2)31-23-14-12-21(13-15-23)27(3,26(29)30)17-7-8-20-11-16-24(28)25(18-20)32-22-9-5-4-6-10-22/h4-6,9-16,18-19,26H,7-8,17H2,1-3H3. The van der Waals surface area contributed by atoms with Gasteiger partial charge in [-0.2, -0.15) is 0 Å². The fraction of sp³-hybridized carbons (Fsp3) is 0.333. The van der Waals surface area contributed by atoms with Crippen molar-refractivity contribution in [1.29, 1.82) is 0 Å². The molecule has 3 rings (SSSR count). The molecule has 0 spiro atoms. The van der Waals surface area contributed by atoms with Crippen LogP contribution in [0.4, 0.5) is 13.2 Å². The molecule has 0 aliphatic rings. The van der Waals surface area contributed by atoms with E-state index >= 15 is 0 Å². The first-order valence-electron chi connectivity index (χ1n) is 10.8. The van der Waals surface area contributed by atoms with Crippen molar-refractivity contribution in [3.8, 4) is 17.2 Å². The molecule has 1 unspecified atom stereocenters. The van der Waals surface area contributed by atoms with Crippen LogP contribution in [0.1, 0.15) is 44.7 Å². The molecule has 0 N–H and O–H groups in total. The summed E-state index contributed by atoms with van der Waals surface area (Å²) in [7, 11) is 0. The molecule has 0 saturated heterocycles. The summed E-state index contributed by atoms with van der Waals surface area (Å²) in [6, 6.07) is 20.5. The minimum Gasteiger partial charge on any atom is -0.491 e. The van der Waals surface area contributed by atoms with Crippen LogP contribution in [0.2, 0.25) is 0 Å². The van der Waals surface area contributed by atoms with Crippen LogP contribution in [-0.4, -0.2) is 12.5 Å². The summed E-state index contributed by atoms with van der Waals surface area (Å²) in [5.41, 5.74) is 0.144. The van der Waals surface area contributed by atoms with Crippen LogP contribution in [0.5, 0.6) is 17.2 Å². The molecular formula is C27H29F3O2. The van der Waals surface area contributed by atoms with Crippen molar-refractivity contribution in [1.82, 2.24) is 0 Å². The third-order valence-corrected chi connectivity index (χ3v) is 5.50. The Balaban J connectivity index is 1.67. The molecule has 0 heterocycles. The van der Waals surface area contributed by atoms with Crippen LogP contribution < -0.4 is 9.47 Å². The van der Waals surface area contributed by atoms with E-state index in [-0.39, 0.29) is 11.9 Å². The van der Waals surface area contributed by atoms with Crippen LogP contribution in [0, 0.1) is 5.82 Å². The Labute approximate surface area is 188 Å². The first kappa shape index (κ1) is 23.7. The minimum atomic E-state index is -2.51. The van der Waals surface area contributed by atoms with Crippen LogP contribution in [0.25, 0.3) is 0 Å². The Bertz CT molecular complexity index is 988. The van der Waals surface area contributed by atoms with Gasteiger partial charge in [0.05, 0.1) is 11.5 Å². The monoisotopic (exact) mass is 442 g/mol. The quantitative estimate of drug-likeness (QED) is 0.317. The minimum absolute atomic E-state index is 0.0220. The Hall–Kier alpha value is -2.95. The number of hydrogen-bond acceptors (Lipinski definition) is 2. The van der Waals surface area contributed by atoms with E-state index in [0.717, 1.165) is 5.56 Å². The Morgan fingerprint density at radius 3 is 2.19 bits per heavy atom. The zero-order valence-electron chi connectivity index (χ0n) is 18.7. The van der Waals surface area contributed by atoms with Crippen molar-refractivity contribution < 1.29 is 22.6 Å². The molecule has 0 fully saturated rings. The van der Waals surface area contributed by atoms with Gasteiger partial charge in [0.15, 0.2) is 11.6 Å². The number of benzene rings is 3. The van der Waals surface area contributed by atoms with Gasteiger partial charge in [-0.05, 0) is 80.6 Å². The number of hydrogen-bond donors (Lipinski definition) is 0. The van der Waals surface area contributed by atoms with E-state index in [1.165, 1.54) is 6.07 Å². The average Bonchev–Trinajstić information content (AvgIpc) is 2.76. The highest BCUT2D eigenvalue weighted by molar-refractivity contribution is 5.36. The number of aryl methyl sites for hydroxylation is 1. The van der Waals surface area contributed by atoms with Crippen molar-refractivity contribution in [3.05, 3.63) is 89.7 Å². The predicted octanol–water partition coefficient (Wildman–Crippen LogP) is 7.95. The fourth-order valence-electron chi connectivity index (χ4n) is 3.62. The van der Waals surface area contributed by atoms with E-state index in [1.54, 1.807) is 55.5 Å². The fourth-order valence-corrected chi connectivity index (χ4v) is 3.62. The molecule has 0 amide bonds. The third-order valence-electron chi connectivity index (χ3n) is 5.50. The number of rotatable bonds is 10. The maximum atomic E-state index is 14.2. The molecule has 0 aliphatic carbocycles. The maximum Gasteiger partial charge on any atom is 0.247 e. The topological polar surface area (TPSA) is 18.5 Å². The highest BCUT2D eigenvalue weighted by Gasteiger charge is 2.36. The van der Waals surface area contributed by atoms with Crippen LogP contribution >= 0.6 is 0 Å². The molecule has 3 aromatic carbocycles. The Morgan fingerprint density at radius 2 is 1.56 bits per heavy atom. The number of ether oxygens (including phenoxy) is 2. The van der Waals surface area contributed by atoms with Crippen molar-refractivity contribution in [2.45, 2.75) is 58.0 Å². The molecular weight excluding hydrogens is 413 g/mol. The molecule has 32 heavy (non-hydrogen) atoms. The summed E-state index contributed by atoms with van der Waals surface area (Å²) in [5.74, 6) is 0.876. The van der Waals surface area contributed by atoms with Crippen molar-refractivity contribution >= 4 is 0 Å². The molecule has 0 saturated carbocycles. The van der Waals surface area contributed by atoms with E-state index in [9.17, 15) is 13.2 Å². The van der Waals surface area contributed by atoms with Crippen LogP contribution in [-0.2, 0) is 11.8 Å². The van der Waals surface area contributed by atoms with Gasteiger partial charge in [-0.3, -0.25) is 0 Å². The van der Waals surface area contributed by atoms with Crippen LogP contribution in [0.15, 0.2) is 72.8 Å². The van der Waals surface area contributed by atoms with Gasteiger partial charge in [-0.15, -0.1) is 0 Å². The van der Waals surface area contributed by atoms with E-state index in [4.69, 9.17) is 9.47 Å². The number of alkyl halides is 2. The Kier molecular flexibility index (Phi) is 7.84. The third kappa shape index (κ3) is 6.06. The highest BCUT2D eigenvalue weighted by atomic mass is 19.3. The molecule has 0 bridgehead atoms. The molecule has 2 nitrogen and oxygen atoms in total. The van der Waals surface area contributed by atoms with Gasteiger partial charge < -0.3 is 9.47 Å². The second-order valence-corrected chi connectivity index (χ2v) is 8.44. The summed E-state index contributed by atoms with van der Waals surface area (Å²) in [4.78, 5) is 0. The largest absolute Gasteiger partial charge is 0.491 e. The van der Waals surface area contributed by atoms with E-state index < -0.39 is 17.7 Å². The lowest BCUT2D eigenvalue weighted by Gasteiger charge is -2.29. The molecule has 5 heteroatoms. The normalized spacial score (nSPS) is 13.2. The zero-order chi connectivity index (χ0) is 23.1. The molecule has 0 aromatic heterocycles. The van der Waals surface area contributed by atoms with Crippen molar-refractivity contribution in [3.63, 3.8) is 0 Å². The van der Waals surface area contributed by atoms with Crippen molar-refractivity contribution in [2.24, 2.45) is 0 Å². The summed E-state index contributed by atoms with van der Waals surface area (Å²) >= 11 is 0. The second-order valence-electron chi connectivity index (χ2n) is 8.44. The average molecular weight is 443 g/mol. The first-order valence-corrected chi connectivity index (χ1v) is 10.8. The van der Waals surface area contributed by atoms with Gasteiger partial charge >= 0.3 is 0 Å². The predicted molar refractivity (Wildman–Crippen MR) is 121 cm³/mol. The summed E-state index contributed by atoms with van der Waals surface area (Å²) in [5, 5.41) is 0. The molecule has 1 atom stereocenters. The first-order chi connectivity index (χ1) is 15.3. The van der Waals surface area contributed by atoms with Gasteiger partial charge in [-0.1, -0.05) is 43.3 Å². The summed E-state index contributed by atoms with van der Waals surface area (Å²) in [6.07, 6.45) is -1.12. The van der Waals surface area contributed by atoms with Crippen LogP contribution in [0.3, 0.4) is 0 Å². The number of para-hydroxylation sites is 1. The van der Waals surface area contributed by atoms with E-state index in [2.05, 4.69) is 0 Å². The number of halogens is 3. The molecule has 3 aromatic rings. The highest BCUT2D eigenvalue weighted by Crippen LogP contribution is 2.37. The van der Waals surface area contributed by atoms with E-state index in [1.807, 2.05) is 32.0 Å². The molecule has 170 valence electrons. The zero-order valence-corrected chi connectivity index (χ0v) is 18.7. The lowest BCUT2D eigenvalue weighted by Crippen LogP contribution is -2.31. The SMILES string of the molecule is CC(C)Oc1ccc(C(C)(CCCc2ccc(F)c(Oc3ccccc3)c2)C(F)F)cc1. The lowest BCUT2D eigenvalue weighted by molar-refractivity contribution is 0.0526.